The number of aryl methyl sites for hydroxylation is 1. The molecule has 2 aromatic heterocycles. The number of ether oxygens (including phenoxy) is 1. The molecule has 0 bridgehead atoms. The van der Waals surface area contributed by atoms with E-state index in [1.165, 1.54) is 5.56 Å². The predicted molar refractivity (Wildman–Crippen MR) is 75.0 cm³/mol. The number of nitrogens with one attached hydrogen (secondary N) is 1. The smallest absolute Gasteiger partial charge is 0.122 e. The van der Waals surface area contributed by atoms with Crippen molar-refractivity contribution in [2.45, 2.75) is 26.4 Å². The van der Waals surface area contributed by atoms with Crippen LogP contribution in [0.25, 0.3) is 0 Å². The van der Waals surface area contributed by atoms with Gasteiger partial charge in [-0.1, -0.05) is 6.07 Å². The van der Waals surface area contributed by atoms with E-state index in [9.17, 15) is 0 Å². The number of rotatable bonds is 5. The molecule has 0 fully saturated rings. The van der Waals surface area contributed by atoms with Gasteiger partial charge < -0.3 is 10.1 Å². The van der Waals surface area contributed by atoms with Crippen LogP contribution in [-0.2, 0) is 6.54 Å². The third-order valence-corrected chi connectivity index (χ3v) is 2.99. The molecular weight excluding hydrogens is 238 g/mol. The van der Waals surface area contributed by atoms with Crippen LogP contribution in [0.5, 0.6) is 5.75 Å². The first-order valence-electron chi connectivity index (χ1n) is 6.34. The first-order valence-corrected chi connectivity index (χ1v) is 6.34. The lowest BCUT2D eigenvalue weighted by Gasteiger charge is -2.14. The highest BCUT2D eigenvalue weighted by atomic mass is 16.5. The minimum Gasteiger partial charge on any atom is -0.497 e. The summed E-state index contributed by atoms with van der Waals surface area (Å²) in [6.45, 7) is 4.79. The summed E-state index contributed by atoms with van der Waals surface area (Å²) in [6.07, 6.45) is 3.66. The fourth-order valence-corrected chi connectivity index (χ4v) is 1.92. The van der Waals surface area contributed by atoms with E-state index >= 15 is 0 Å². The van der Waals surface area contributed by atoms with Crippen molar-refractivity contribution in [3.05, 3.63) is 53.6 Å². The summed E-state index contributed by atoms with van der Waals surface area (Å²) in [5, 5.41) is 3.44. The van der Waals surface area contributed by atoms with Crippen molar-refractivity contribution >= 4 is 0 Å². The standard InChI is InChI=1S/C15H19N3O/c1-11-7-15(19-3)8-14(18-11)10-17-12(2)13-5-4-6-16-9-13/h4-9,12,17H,10H2,1-3H3/t12-/m1/s1. The summed E-state index contributed by atoms with van der Waals surface area (Å²) in [4.78, 5) is 8.62. The maximum atomic E-state index is 5.25. The van der Waals surface area contributed by atoms with E-state index in [4.69, 9.17) is 4.74 Å². The Bertz CT molecular complexity index is 528. The van der Waals surface area contributed by atoms with Crippen LogP contribution in [0.3, 0.4) is 0 Å². The lowest BCUT2D eigenvalue weighted by molar-refractivity contribution is 0.412. The van der Waals surface area contributed by atoms with Gasteiger partial charge >= 0.3 is 0 Å². The Morgan fingerprint density at radius 1 is 1.37 bits per heavy atom. The van der Waals surface area contributed by atoms with Gasteiger partial charge in [-0.15, -0.1) is 0 Å². The minimum absolute atomic E-state index is 0.238. The molecule has 0 aliphatic rings. The number of nitrogens with zero attached hydrogens (tertiary/aromatic N) is 2. The normalized spacial score (nSPS) is 12.2. The summed E-state index contributed by atoms with van der Waals surface area (Å²) in [6, 6.07) is 8.13. The molecule has 0 saturated heterocycles. The molecule has 4 heteroatoms. The van der Waals surface area contributed by atoms with Crippen molar-refractivity contribution in [1.29, 1.82) is 0 Å². The Balaban J connectivity index is 2.01. The van der Waals surface area contributed by atoms with Crippen molar-refractivity contribution < 1.29 is 4.74 Å². The van der Waals surface area contributed by atoms with Crippen LogP contribution in [0.2, 0.25) is 0 Å². The first-order chi connectivity index (χ1) is 9.19. The molecule has 19 heavy (non-hydrogen) atoms. The van der Waals surface area contributed by atoms with Crippen molar-refractivity contribution in [2.24, 2.45) is 0 Å². The third-order valence-electron chi connectivity index (χ3n) is 2.99. The Hall–Kier alpha value is -1.94. The van der Waals surface area contributed by atoms with E-state index < -0.39 is 0 Å². The van der Waals surface area contributed by atoms with Gasteiger partial charge in [-0.3, -0.25) is 9.97 Å². The maximum absolute atomic E-state index is 5.25. The summed E-state index contributed by atoms with van der Waals surface area (Å²) >= 11 is 0. The molecule has 0 unspecified atom stereocenters. The van der Waals surface area contributed by atoms with Gasteiger partial charge in [-0.05, 0) is 25.5 Å². The molecule has 0 aromatic carbocycles. The van der Waals surface area contributed by atoms with E-state index in [2.05, 4.69) is 28.3 Å². The number of methoxy groups -OCH3 is 1. The van der Waals surface area contributed by atoms with E-state index in [-0.39, 0.29) is 6.04 Å². The summed E-state index contributed by atoms with van der Waals surface area (Å²) in [7, 11) is 1.67. The molecule has 0 spiro atoms. The van der Waals surface area contributed by atoms with Crippen molar-refractivity contribution in [1.82, 2.24) is 15.3 Å². The molecule has 1 N–H and O–H groups in total. The van der Waals surface area contributed by atoms with Crippen LogP contribution in [0.1, 0.15) is 29.9 Å². The molecule has 0 aliphatic heterocycles. The summed E-state index contributed by atoms with van der Waals surface area (Å²) in [5.41, 5.74) is 3.11. The van der Waals surface area contributed by atoms with Gasteiger partial charge in [0.1, 0.15) is 5.75 Å². The van der Waals surface area contributed by atoms with E-state index in [0.717, 1.165) is 17.1 Å². The molecule has 0 amide bonds. The van der Waals surface area contributed by atoms with Crippen LogP contribution < -0.4 is 10.1 Å². The second-order valence-electron chi connectivity index (χ2n) is 4.53. The Labute approximate surface area is 113 Å². The van der Waals surface area contributed by atoms with Crippen LogP contribution >= 0.6 is 0 Å². The van der Waals surface area contributed by atoms with Gasteiger partial charge in [-0.2, -0.15) is 0 Å². The Morgan fingerprint density at radius 3 is 2.89 bits per heavy atom. The largest absolute Gasteiger partial charge is 0.497 e. The highest BCUT2D eigenvalue weighted by Crippen LogP contribution is 2.15. The fourth-order valence-electron chi connectivity index (χ4n) is 1.92. The Morgan fingerprint density at radius 2 is 2.21 bits per heavy atom. The van der Waals surface area contributed by atoms with Crippen LogP contribution in [0.15, 0.2) is 36.7 Å². The predicted octanol–water partition coefficient (Wildman–Crippen LogP) is 2.64. The van der Waals surface area contributed by atoms with Gasteiger partial charge in [0.2, 0.25) is 0 Å². The zero-order valence-corrected chi connectivity index (χ0v) is 11.6. The monoisotopic (exact) mass is 257 g/mol. The van der Waals surface area contributed by atoms with E-state index in [1.807, 2.05) is 31.3 Å². The minimum atomic E-state index is 0.238. The number of aromatic nitrogens is 2. The molecule has 100 valence electrons. The Kier molecular flexibility index (Phi) is 4.47. The van der Waals surface area contributed by atoms with E-state index in [0.29, 0.717) is 6.54 Å². The average Bonchev–Trinajstić information content (AvgIpc) is 2.45. The number of pyridine rings is 2. The van der Waals surface area contributed by atoms with Crippen LogP contribution in [-0.4, -0.2) is 17.1 Å². The highest BCUT2D eigenvalue weighted by Gasteiger charge is 2.06. The highest BCUT2D eigenvalue weighted by molar-refractivity contribution is 5.26. The molecule has 2 rings (SSSR count). The van der Waals surface area contributed by atoms with Crippen LogP contribution in [0, 0.1) is 6.92 Å². The van der Waals surface area contributed by atoms with Crippen molar-refractivity contribution in [3.63, 3.8) is 0 Å². The lowest BCUT2D eigenvalue weighted by atomic mass is 10.1. The molecule has 4 nitrogen and oxygen atoms in total. The third kappa shape index (κ3) is 3.76. The SMILES string of the molecule is COc1cc(C)nc(CN[C@H](C)c2cccnc2)c1. The average molecular weight is 257 g/mol. The van der Waals surface area contributed by atoms with Crippen LogP contribution in [0.4, 0.5) is 0 Å². The molecule has 0 aliphatic carbocycles. The second-order valence-corrected chi connectivity index (χ2v) is 4.53. The van der Waals surface area contributed by atoms with Gasteiger partial charge in [0.25, 0.3) is 0 Å². The van der Waals surface area contributed by atoms with E-state index in [1.54, 1.807) is 13.3 Å². The second kappa shape index (κ2) is 6.29. The zero-order chi connectivity index (χ0) is 13.7. The number of hydrogen-bond acceptors (Lipinski definition) is 4. The van der Waals surface area contributed by atoms with Crippen molar-refractivity contribution in [2.75, 3.05) is 7.11 Å². The molecule has 2 aromatic rings. The molecular formula is C15H19N3O. The number of hydrogen-bond donors (Lipinski definition) is 1. The van der Waals surface area contributed by atoms with Crippen molar-refractivity contribution in [3.8, 4) is 5.75 Å². The molecule has 2 heterocycles. The summed E-state index contributed by atoms with van der Waals surface area (Å²) in [5.74, 6) is 0.846. The zero-order valence-electron chi connectivity index (χ0n) is 11.6. The molecule has 1 atom stereocenters. The molecule has 0 saturated carbocycles. The molecule has 0 radical (unpaired) electrons. The quantitative estimate of drug-likeness (QED) is 0.894. The van der Waals surface area contributed by atoms with Gasteiger partial charge in [0.15, 0.2) is 0 Å². The first kappa shape index (κ1) is 13.5. The summed E-state index contributed by atoms with van der Waals surface area (Å²) < 4.78 is 5.25. The fraction of sp³-hybridized carbons (Fsp3) is 0.333. The topological polar surface area (TPSA) is 47.0 Å². The maximum Gasteiger partial charge on any atom is 0.122 e. The van der Waals surface area contributed by atoms with Gasteiger partial charge in [0, 0.05) is 42.8 Å². The lowest BCUT2D eigenvalue weighted by Crippen LogP contribution is -2.19. The van der Waals surface area contributed by atoms with Gasteiger partial charge in [0.05, 0.1) is 12.8 Å². The van der Waals surface area contributed by atoms with Gasteiger partial charge in [-0.25, -0.2) is 0 Å².